The molecule has 0 aliphatic rings. The molecule has 0 saturated heterocycles. The van der Waals surface area contributed by atoms with Crippen molar-refractivity contribution in [3.05, 3.63) is 112 Å². The molecule has 0 unspecified atom stereocenters. The third-order valence-electron chi connectivity index (χ3n) is 8.89. The number of alkyl halides is 3. The van der Waals surface area contributed by atoms with E-state index in [-0.39, 0.29) is 73.6 Å². The smallest absolute Gasteiger partial charge is 0.753 e. The maximum absolute atomic E-state index is 12.7. The second kappa shape index (κ2) is 23.6. The van der Waals surface area contributed by atoms with Crippen molar-refractivity contribution in [3.8, 4) is 51.8 Å². The van der Waals surface area contributed by atoms with Crippen LogP contribution in [0.1, 0.15) is 53.6 Å². The first-order chi connectivity index (χ1) is 31.1. The first-order valence-corrected chi connectivity index (χ1v) is 20.2. The summed E-state index contributed by atoms with van der Waals surface area (Å²) < 4.78 is 63.9. The van der Waals surface area contributed by atoms with Gasteiger partial charge in [-0.25, -0.2) is 4.98 Å². The summed E-state index contributed by atoms with van der Waals surface area (Å²) in [6.07, 6.45) is 10.2. The molecule has 0 atom stereocenters. The average Bonchev–Trinajstić information content (AvgIpc) is 4.12. The fraction of sp³-hybridized carbons (Fsp3) is 0.159. The standard InChI is InChI=1S/C22H11N3O8.C21H21F3N3S.CNS.Ru/c26-9-29-14-7-15(19-21-12(1-3-23-19)5-17(32-21)30-10-27)25-16(8-14)20-22-13(2-4-24-20)6-18(33-22)31-11-28;1-2-3-4-5-6-16-9-10-17(28-16)8-7-15-11-12-25-18(13-15)19-14-20(27-26-19)21(22,23)24;2-1-3;/h1-11H;7-14H,2-6H2,1H3;;/q;2*-1;+2/b;8-7+;;. The van der Waals surface area contributed by atoms with E-state index in [1.165, 1.54) is 72.4 Å². The van der Waals surface area contributed by atoms with Crippen LogP contribution in [0, 0.1) is 0 Å². The number of hydrogen-bond acceptors (Lipinski definition) is 15. The van der Waals surface area contributed by atoms with Gasteiger partial charge in [0, 0.05) is 69.1 Å². The van der Waals surface area contributed by atoms with E-state index >= 15 is 0 Å². The number of aryl methyl sites for hydroxylation is 1. The van der Waals surface area contributed by atoms with Gasteiger partial charge in [0.05, 0.1) is 11.4 Å². The molecular formula is C44H32F3N7O8RuS2. The van der Waals surface area contributed by atoms with Gasteiger partial charge in [0.2, 0.25) is 0 Å². The summed E-state index contributed by atoms with van der Waals surface area (Å²) >= 11 is 5.47. The zero-order valence-electron chi connectivity index (χ0n) is 33.7. The number of ether oxygens (including phenoxy) is 3. The van der Waals surface area contributed by atoms with Crippen LogP contribution in [-0.4, -0.2) is 49.6 Å². The largest absolute Gasteiger partial charge is 2.00 e. The van der Waals surface area contributed by atoms with Crippen LogP contribution in [0.5, 0.6) is 17.6 Å². The number of thiocarbonyl (C=S) groups is 1. The molecule has 0 bridgehead atoms. The minimum atomic E-state index is -4.50. The quantitative estimate of drug-likeness (QED) is 0.0290. The van der Waals surface area contributed by atoms with E-state index in [0.717, 1.165) is 22.9 Å². The summed E-state index contributed by atoms with van der Waals surface area (Å²) in [4.78, 5) is 52.3. The number of hydrogen-bond donors (Lipinski definition) is 0. The second-order valence-corrected chi connectivity index (χ2v) is 14.5. The van der Waals surface area contributed by atoms with Gasteiger partial charge in [-0.2, -0.15) is 18.3 Å². The van der Waals surface area contributed by atoms with Crippen LogP contribution < -0.4 is 19.3 Å². The minimum Gasteiger partial charge on any atom is -0.753 e. The molecule has 0 fully saturated rings. The number of aromatic nitrogens is 6. The van der Waals surface area contributed by atoms with Crippen LogP contribution in [0.4, 0.5) is 13.2 Å². The number of thiophene rings is 1. The topological polar surface area (TPSA) is 206 Å². The van der Waals surface area contributed by atoms with E-state index in [1.807, 2.05) is 12.2 Å². The van der Waals surface area contributed by atoms with Crippen LogP contribution in [0.2, 0.25) is 0 Å². The molecule has 8 rings (SSSR count). The maximum atomic E-state index is 12.7. The molecule has 15 nitrogen and oxygen atoms in total. The second-order valence-electron chi connectivity index (χ2n) is 13.1. The SMILES string of the molecule is CCCCCCc1ccc(/C=C/c2ccnc(-c3cc(C(F)(F)F)n[n-]3)c2)s1.O=COc1cc(-c2nccc3cc(OC=O)oc23)nc(-c2nccc3cc(OC=O)oc23)c1.[N-]=C=S.[Ru+2]. The van der Waals surface area contributed by atoms with Crippen LogP contribution in [0.15, 0.2) is 94.2 Å². The Kier molecular flexibility index (Phi) is 17.8. The molecule has 8 aromatic heterocycles. The number of halogens is 3. The summed E-state index contributed by atoms with van der Waals surface area (Å²) in [5, 5.41) is 16.5. The van der Waals surface area contributed by atoms with Crippen LogP contribution in [-0.2, 0) is 46.5 Å². The van der Waals surface area contributed by atoms with Crippen molar-refractivity contribution >= 4 is 82.2 Å². The fourth-order valence-corrected chi connectivity index (χ4v) is 7.06. The number of furan rings is 2. The Morgan fingerprint density at radius 2 is 1.37 bits per heavy atom. The van der Waals surface area contributed by atoms with E-state index in [2.05, 4.69) is 61.4 Å². The van der Waals surface area contributed by atoms with Gasteiger partial charge >= 0.3 is 38.6 Å². The molecule has 332 valence electrons. The zero-order valence-corrected chi connectivity index (χ0v) is 37.1. The molecule has 0 aliphatic heterocycles. The summed E-state index contributed by atoms with van der Waals surface area (Å²) in [6.45, 7) is 2.98. The molecule has 21 heteroatoms. The van der Waals surface area contributed by atoms with Gasteiger partial charge in [-0.05, 0) is 66.9 Å². The molecule has 0 radical (unpaired) electrons. The van der Waals surface area contributed by atoms with E-state index in [4.69, 9.17) is 28.5 Å². The minimum absolute atomic E-state index is 0. The predicted molar refractivity (Wildman–Crippen MR) is 233 cm³/mol. The number of isothiocyanates is 1. The number of fused-ring (bicyclic) bond motifs is 2. The van der Waals surface area contributed by atoms with Crippen molar-refractivity contribution in [2.24, 2.45) is 0 Å². The summed E-state index contributed by atoms with van der Waals surface area (Å²) in [7, 11) is 0. The van der Waals surface area contributed by atoms with Crippen LogP contribution in [0.3, 0.4) is 0 Å². The fourth-order valence-electron chi connectivity index (χ4n) is 6.10. The summed E-state index contributed by atoms with van der Waals surface area (Å²) in [5.41, 5.74) is 2.14. The Labute approximate surface area is 389 Å². The molecule has 0 spiro atoms. The van der Waals surface area contributed by atoms with Crippen molar-refractivity contribution in [1.29, 1.82) is 0 Å². The third-order valence-corrected chi connectivity index (χ3v) is 10.0. The zero-order chi connectivity index (χ0) is 45.5. The van der Waals surface area contributed by atoms with Gasteiger partial charge in [0.25, 0.3) is 18.4 Å². The van der Waals surface area contributed by atoms with Crippen molar-refractivity contribution in [2.45, 2.75) is 45.2 Å². The molecule has 0 saturated carbocycles. The number of pyridine rings is 4. The van der Waals surface area contributed by atoms with E-state index < -0.39 is 11.9 Å². The van der Waals surface area contributed by atoms with Crippen molar-refractivity contribution in [2.75, 3.05) is 0 Å². The van der Waals surface area contributed by atoms with E-state index in [0.29, 0.717) is 39.0 Å². The van der Waals surface area contributed by atoms with Crippen molar-refractivity contribution in [3.63, 3.8) is 0 Å². The van der Waals surface area contributed by atoms with Gasteiger partial charge in [0.15, 0.2) is 11.2 Å². The Balaban J connectivity index is 0.000000230. The molecule has 8 heterocycles. The van der Waals surface area contributed by atoms with Crippen molar-refractivity contribution in [1.82, 2.24) is 30.1 Å². The van der Waals surface area contributed by atoms with Crippen molar-refractivity contribution < 1.29 is 70.1 Å². The Hall–Kier alpha value is -7.05. The Morgan fingerprint density at radius 1 is 0.769 bits per heavy atom. The van der Waals surface area contributed by atoms with Crippen LogP contribution >= 0.6 is 23.6 Å². The average molecular weight is 1010 g/mol. The summed E-state index contributed by atoms with van der Waals surface area (Å²) in [5.74, 6) is 0.133. The maximum Gasteiger partial charge on any atom is 2.00 e. The third kappa shape index (κ3) is 13.0. The molecular weight excluding hydrogens is 977 g/mol. The van der Waals surface area contributed by atoms with Gasteiger partial charge in [-0.15, -0.1) is 11.3 Å². The Bertz CT molecular complexity index is 2840. The monoisotopic (exact) mass is 1010 g/mol. The first kappa shape index (κ1) is 49.0. The molecule has 0 amide bonds. The Morgan fingerprint density at radius 3 is 1.92 bits per heavy atom. The normalized spacial score (nSPS) is 10.8. The molecule has 0 N–H and O–H groups in total. The molecule has 0 aromatic carbocycles. The van der Waals surface area contributed by atoms with Gasteiger partial charge in [-0.1, -0.05) is 50.2 Å². The number of carbonyl (C=O) groups is 3. The van der Waals surface area contributed by atoms with Gasteiger partial charge in [0.1, 0.15) is 22.8 Å². The van der Waals surface area contributed by atoms with Crippen LogP contribution in [0.25, 0.3) is 73.7 Å². The first-order valence-electron chi connectivity index (χ1n) is 19.0. The number of carbonyl (C=O) groups excluding carboxylic acids is 3. The van der Waals surface area contributed by atoms with Gasteiger partial charge in [-0.3, -0.25) is 29.3 Å². The van der Waals surface area contributed by atoms with E-state index in [9.17, 15) is 27.6 Å². The predicted octanol–water partition coefficient (Wildman–Crippen LogP) is 10.4. The number of nitrogens with zero attached hydrogens (tertiary/aromatic N) is 7. The number of unbranched alkanes of at least 4 members (excludes halogenated alkanes) is 3. The number of rotatable bonds is 16. The summed E-state index contributed by atoms with van der Waals surface area (Å²) in [6, 6.07) is 18.1. The molecule has 0 aliphatic carbocycles. The van der Waals surface area contributed by atoms with Gasteiger partial charge < -0.3 is 38.7 Å². The molecule has 8 aromatic rings. The van der Waals surface area contributed by atoms with E-state index in [1.54, 1.807) is 41.8 Å². The molecule has 65 heavy (non-hydrogen) atoms.